The highest BCUT2D eigenvalue weighted by Gasteiger charge is 2.41. The topological polar surface area (TPSA) is 30.7 Å². The molecule has 0 atom stereocenters. The first kappa shape index (κ1) is 17.7. The molecule has 1 aliphatic carbocycles. The van der Waals surface area contributed by atoms with E-state index in [2.05, 4.69) is 29.1 Å². The summed E-state index contributed by atoms with van der Waals surface area (Å²) in [7, 11) is 0. The molecule has 3 aromatic carbocycles. The second-order valence-electron chi connectivity index (χ2n) is 8.03. The molecule has 1 spiro atoms. The molecule has 0 N–H and O–H groups in total. The second-order valence-corrected chi connectivity index (χ2v) is 8.03. The molecule has 0 radical (unpaired) electrons. The predicted octanol–water partition coefficient (Wildman–Crippen LogP) is 6.19. The van der Waals surface area contributed by atoms with Gasteiger partial charge in [0.2, 0.25) is 0 Å². The van der Waals surface area contributed by atoms with Crippen molar-refractivity contribution in [3.63, 3.8) is 0 Å². The first-order valence-electron chi connectivity index (χ1n) is 10.1. The lowest BCUT2D eigenvalue weighted by atomic mass is 9.83. The van der Waals surface area contributed by atoms with Crippen LogP contribution in [0, 0.1) is 6.57 Å². The highest BCUT2D eigenvalue weighted by Crippen LogP contribution is 2.42. The Balaban J connectivity index is 1.46. The Morgan fingerprint density at radius 1 is 0.862 bits per heavy atom. The number of fused-ring (bicyclic) bond motifs is 2. The molecule has 0 amide bonds. The van der Waals surface area contributed by atoms with Crippen LogP contribution in [-0.2, 0) is 12.8 Å². The summed E-state index contributed by atoms with van der Waals surface area (Å²) >= 11 is 0. The number of rotatable bonds is 1. The standard InChI is InChI=1S/C26H21NO2/c1-27-22-8-4-7-20(15-22)21-9-10-25-23(16-21)24(28)17-26(29-25)13-11-18-5-2-3-6-19(18)12-14-26/h2-10,15-16H,11-14,17H2. The number of carbonyl (C=O) groups excluding carboxylic acids is 1. The van der Waals surface area contributed by atoms with Gasteiger partial charge in [-0.3, -0.25) is 4.79 Å². The minimum atomic E-state index is -0.408. The quantitative estimate of drug-likeness (QED) is 0.472. The zero-order chi connectivity index (χ0) is 19.8. The monoisotopic (exact) mass is 379 g/mol. The normalized spacial score (nSPS) is 16.9. The molecule has 0 bridgehead atoms. The van der Waals surface area contributed by atoms with E-state index in [1.165, 1.54) is 11.1 Å². The molecule has 1 aliphatic heterocycles. The summed E-state index contributed by atoms with van der Waals surface area (Å²) in [4.78, 5) is 16.6. The summed E-state index contributed by atoms with van der Waals surface area (Å²) in [5, 5.41) is 0. The van der Waals surface area contributed by atoms with Crippen LogP contribution in [0.2, 0.25) is 0 Å². The largest absolute Gasteiger partial charge is 0.486 e. The molecular formula is C26H21NO2. The molecule has 5 rings (SSSR count). The minimum Gasteiger partial charge on any atom is -0.486 e. The zero-order valence-corrected chi connectivity index (χ0v) is 16.2. The van der Waals surface area contributed by atoms with Crippen LogP contribution in [0.3, 0.4) is 0 Å². The van der Waals surface area contributed by atoms with Crippen molar-refractivity contribution in [1.29, 1.82) is 0 Å². The Kier molecular flexibility index (Phi) is 4.21. The Morgan fingerprint density at radius 3 is 2.31 bits per heavy atom. The molecule has 0 saturated carbocycles. The van der Waals surface area contributed by atoms with E-state index in [4.69, 9.17) is 11.3 Å². The van der Waals surface area contributed by atoms with E-state index in [1.807, 2.05) is 36.4 Å². The van der Waals surface area contributed by atoms with Crippen LogP contribution in [0.4, 0.5) is 5.69 Å². The fourth-order valence-electron chi connectivity index (χ4n) is 4.60. The van der Waals surface area contributed by atoms with Gasteiger partial charge >= 0.3 is 0 Å². The fourth-order valence-corrected chi connectivity index (χ4v) is 4.60. The third-order valence-corrected chi connectivity index (χ3v) is 6.22. The first-order valence-corrected chi connectivity index (χ1v) is 10.1. The van der Waals surface area contributed by atoms with Gasteiger partial charge in [0.15, 0.2) is 11.5 Å². The highest BCUT2D eigenvalue weighted by molar-refractivity contribution is 6.01. The summed E-state index contributed by atoms with van der Waals surface area (Å²) < 4.78 is 6.51. The van der Waals surface area contributed by atoms with Crippen LogP contribution in [0.15, 0.2) is 66.7 Å². The van der Waals surface area contributed by atoms with Crippen LogP contribution in [0.25, 0.3) is 16.0 Å². The zero-order valence-electron chi connectivity index (χ0n) is 16.2. The van der Waals surface area contributed by atoms with E-state index in [-0.39, 0.29) is 5.78 Å². The molecule has 2 aliphatic rings. The van der Waals surface area contributed by atoms with Crippen LogP contribution in [0.5, 0.6) is 5.75 Å². The van der Waals surface area contributed by atoms with Crippen LogP contribution < -0.4 is 4.74 Å². The molecule has 29 heavy (non-hydrogen) atoms. The highest BCUT2D eigenvalue weighted by atomic mass is 16.5. The number of Topliss-reactive ketones (excluding diaryl/α,β-unsaturated/α-hetero) is 1. The number of hydrogen-bond acceptors (Lipinski definition) is 2. The number of nitrogens with zero attached hydrogens (tertiary/aromatic N) is 1. The van der Waals surface area contributed by atoms with E-state index in [1.54, 1.807) is 6.07 Å². The molecule has 3 aromatic rings. The number of ketones is 1. The van der Waals surface area contributed by atoms with Crippen molar-refractivity contribution in [1.82, 2.24) is 0 Å². The first-order chi connectivity index (χ1) is 14.2. The number of carbonyl (C=O) groups is 1. The van der Waals surface area contributed by atoms with Gasteiger partial charge < -0.3 is 4.74 Å². The molecule has 3 heteroatoms. The maximum atomic E-state index is 13.1. The lowest BCUT2D eigenvalue weighted by Gasteiger charge is -2.37. The van der Waals surface area contributed by atoms with Gasteiger partial charge in [-0.25, -0.2) is 4.85 Å². The van der Waals surface area contributed by atoms with Gasteiger partial charge in [0, 0.05) is 0 Å². The number of aryl methyl sites for hydroxylation is 2. The molecule has 0 unspecified atom stereocenters. The summed E-state index contributed by atoms with van der Waals surface area (Å²) in [6, 6.07) is 21.9. The van der Waals surface area contributed by atoms with Crippen molar-refractivity contribution >= 4 is 11.5 Å². The summed E-state index contributed by atoms with van der Waals surface area (Å²) in [5.41, 5.74) is 5.48. The van der Waals surface area contributed by atoms with Crippen LogP contribution in [0.1, 0.15) is 40.7 Å². The molecule has 0 fully saturated rings. The molecular weight excluding hydrogens is 358 g/mol. The Bertz CT molecular complexity index is 1130. The smallest absolute Gasteiger partial charge is 0.187 e. The molecule has 0 saturated heterocycles. The van der Waals surface area contributed by atoms with Crippen molar-refractivity contribution in [2.24, 2.45) is 0 Å². The maximum absolute atomic E-state index is 13.1. The average Bonchev–Trinajstić information content (AvgIpc) is 2.94. The Labute approximate surface area is 170 Å². The summed E-state index contributed by atoms with van der Waals surface area (Å²) in [6.07, 6.45) is 4.05. The van der Waals surface area contributed by atoms with Gasteiger partial charge in [-0.2, -0.15) is 0 Å². The van der Waals surface area contributed by atoms with E-state index >= 15 is 0 Å². The van der Waals surface area contributed by atoms with Crippen LogP contribution >= 0.6 is 0 Å². The average molecular weight is 379 g/mol. The van der Waals surface area contributed by atoms with E-state index < -0.39 is 5.60 Å². The molecule has 0 aromatic heterocycles. The predicted molar refractivity (Wildman–Crippen MR) is 114 cm³/mol. The Hall–Kier alpha value is -3.38. The van der Waals surface area contributed by atoms with Crippen molar-refractivity contribution in [3.8, 4) is 16.9 Å². The second kappa shape index (κ2) is 6.90. The number of benzene rings is 3. The van der Waals surface area contributed by atoms with Gasteiger partial charge in [0.1, 0.15) is 11.4 Å². The summed E-state index contributed by atoms with van der Waals surface area (Å²) in [5.74, 6) is 0.845. The molecule has 3 nitrogen and oxygen atoms in total. The summed E-state index contributed by atoms with van der Waals surface area (Å²) in [6.45, 7) is 7.21. The molecule has 1 heterocycles. The number of hydrogen-bond donors (Lipinski definition) is 0. The van der Waals surface area contributed by atoms with E-state index in [9.17, 15) is 4.79 Å². The van der Waals surface area contributed by atoms with E-state index in [0.29, 0.717) is 23.4 Å². The lowest BCUT2D eigenvalue weighted by Crippen LogP contribution is -2.42. The third-order valence-electron chi connectivity index (χ3n) is 6.22. The Morgan fingerprint density at radius 2 is 1.59 bits per heavy atom. The fraction of sp³-hybridized carbons (Fsp3) is 0.231. The third kappa shape index (κ3) is 3.21. The van der Waals surface area contributed by atoms with Gasteiger partial charge in [0.25, 0.3) is 0 Å². The maximum Gasteiger partial charge on any atom is 0.187 e. The van der Waals surface area contributed by atoms with Crippen LogP contribution in [-0.4, -0.2) is 11.4 Å². The van der Waals surface area contributed by atoms with Gasteiger partial charge in [-0.15, -0.1) is 0 Å². The number of ether oxygens (including phenoxy) is 1. The lowest BCUT2D eigenvalue weighted by molar-refractivity contribution is 0.0303. The van der Waals surface area contributed by atoms with Gasteiger partial charge in [-0.05, 0) is 66.1 Å². The van der Waals surface area contributed by atoms with E-state index in [0.717, 1.165) is 36.8 Å². The van der Waals surface area contributed by atoms with Crippen molar-refractivity contribution in [2.45, 2.75) is 37.7 Å². The van der Waals surface area contributed by atoms with Crippen molar-refractivity contribution in [2.75, 3.05) is 0 Å². The minimum absolute atomic E-state index is 0.153. The van der Waals surface area contributed by atoms with Crippen molar-refractivity contribution in [3.05, 3.63) is 94.8 Å². The van der Waals surface area contributed by atoms with Gasteiger partial charge in [-0.1, -0.05) is 48.5 Å². The van der Waals surface area contributed by atoms with Gasteiger partial charge in [0.05, 0.1) is 18.6 Å². The molecule has 142 valence electrons. The SMILES string of the molecule is [C-]#[N+]c1cccc(-c2ccc3c(c2)C(=O)CC2(CCc4ccccc4CC2)O3)c1. The van der Waals surface area contributed by atoms with Crippen molar-refractivity contribution < 1.29 is 9.53 Å².